The maximum atomic E-state index is 13.2. The topological polar surface area (TPSA) is 99.2 Å². The Hall–Kier alpha value is -3.44. The number of hydrogen-bond donors (Lipinski definition) is 1. The van der Waals surface area contributed by atoms with E-state index in [-0.39, 0.29) is 29.6 Å². The first-order valence-electron chi connectivity index (χ1n) is 9.88. The van der Waals surface area contributed by atoms with Crippen LogP contribution in [0, 0.1) is 5.82 Å². The van der Waals surface area contributed by atoms with Crippen molar-refractivity contribution in [3.8, 4) is 22.7 Å². The van der Waals surface area contributed by atoms with Crippen LogP contribution in [0.2, 0.25) is 0 Å². The number of anilines is 1. The lowest BCUT2D eigenvalue weighted by atomic mass is 10.1. The summed E-state index contributed by atoms with van der Waals surface area (Å²) in [4.78, 5) is 25.2. The number of amides is 1. The predicted octanol–water partition coefficient (Wildman–Crippen LogP) is 4.85. The number of ether oxygens (including phenoxy) is 1. The number of thioether (sulfide) groups is 1. The summed E-state index contributed by atoms with van der Waals surface area (Å²) in [7, 11) is 1.77. The van der Waals surface area contributed by atoms with Crippen molar-refractivity contribution in [3.05, 3.63) is 59.4 Å². The van der Waals surface area contributed by atoms with Crippen LogP contribution in [0.3, 0.4) is 0 Å². The van der Waals surface area contributed by atoms with E-state index in [1.165, 1.54) is 41.5 Å². The summed E-state index contributed by atoms with van der Waals surface area (Å²) in [6.07, 6.45) is 1.51. The average Bonchev–Trinajstić information content (AvgIpc) is 3.53. The lowest BCUT2D eigenvalue weighted by Crippen LogP contribution is -2.16. The van der Waals surface area contributed by atoms with E-state index in [1.807, 2.05) is 0 Å². The zero-order valence-corrected chi connectivity index (χ0v) is 19.3. The van der Waals surface area contributed by atoms with Gasteiger partial charge in [-0.25, -0.2) is 9.18 Å². The first kappa shape index (κ1) is 22.7. The van der Waals surface area contributed by atoms with Crippen molar-refractivity contribution in [1.29, 1.82) is 0 Å². The van der Waals surface area contributed by atoms with Gasteiger partial charge in [0.1, 0.15) is 22.1 Å². The average molecular weight is 487 g/mol. The molecule has 0 unspecified atom stereocenters. The first-order valence-corrected chi connectivity index (χ1v) is 11.7. The summed E-state index contributed by atoms with van der Waals surface area (Å²) in [6.45, 7) is 1.92. The van der Waals surface area contributed by atoms with Gasteiger partial charge in [0.25, 0.3) is 0 Å². The standard InChI is InChI=1S/C22H19FN4O4S2/c1-3-30-21(29)18-15(16-5-4-10-31-16)11-32-20(18)24-17(28)12-33-22-26-25-19(27(22)2)13-6-8-14(23)9-7-13/h4-11H,3,12H2,1-2H3,(H,24,28). The van der Waals surface area contributed by atoms with Crippen LogP contribution in [-0.2, 0) is 16.6 Å². The minimum Gasteiger partial charge on any atom is -0.464 e. The lowest BCUT2D eigenvalue weighted by molar-refractivity contribution is -0.113. The number of hydrogen-bond acceptors (Lipinski definition) is 8. The Labute approximate surface area is 196 Å². The molecule has 1 N–H and O–H groups in total. The van der Waals surface area contributed by atoms with E-state index in [4.69, 9.17) is 9.15 Å². The van der Waals surface area contributed by atoms with Crippen molar-refractivity contribution in [2.75, 3.05) is 17.7 Å². The minimum atomic E-state index is -0.537. The highest BCUT2D eigenvalue weighted by atomic mass is 32.2. The van der Waals surface area contributed by atoms with Crippen molar-refractivity contribution >= 4 is 40.0 Å². The number of aromatic nitrogens is 3. The van der Waals surface area contributed by atoms with Gasteiger partial charge in [-0.1, -0.05) is 11.8 Å². The van der Waals surface area contributed by atoms with E-state index in [1.54, 1.807) is 48.2 Å². The molecule has 0 spiro atoms. The molecule has 0 radical (unpaired) electrons. The molecule has 170 valence electrons. The third kappa shape index (κ3) is 4.99. The molecule has 0 aliphatic carbocycles. The van der Waals surface area contributed by atoms with Crippen LogP contribution in [0.4, 0.5) is 9.39 Å². The van der Waals surface area contributed by atoms with Gasteiger partial charge in [-0.2, -0.15) is 0 Å². The number of carbonyl (C=O) groups is 2. The van der Waals surface area contributed by atoms with Crippen molar-refractivity contribution in [2.24, 2.45) is 7.05 Å². The van der Waals surface area contributed by atoms with Crippen molar-refractivity contribution in [3.63, 3.8) is 0 Å². The molecule has 1 amide bonds. The van der Waals surface area contributed by atoms with Crippen LogP contribution < -0.4 is 5.32 Å². The fourth-order valence-electron chi connectivity index (χ4n) is 3.05. The highest BCUT2D eigenvalue weighted by molar-refractivity contribution is 7.99. The largest absolute Gasteiger partial charge is 0.464 e. The number of nitrogens with zero attached hydrogens (tertiary/aromatic N) is 3. The van der Waals surface area contributed by atoms with Crippen LogP contribution in [0.5, 0.6) is 0 Å². The Balaban J connectivity index is 1.47. The van der Waals surface area contributed by atoms with Gasteiger partial charge < -0.3 is 19.0 Å². The maximum Gasteiger partial charge on any atom is 0.341 e. The van der Waals surface area contributed by atoms with E-state index in [2.05, 4.69) is 15.5 Å². The Morgan fingerprint density at radius 1 is 1.24 bits per heavy atom. The molecule has 0 aliphatic heterocycles. The van der Waals surface area contributed by atoms with Gasteiger partial charge in [-0.3, -0.25) is 4.79 Å². The van der Waals surface area contributed by atoms with Crippen LogP contribution in [0.1, 0.15) is 17.3 Å². The fraction of sp³-hybridized carbons (Fsp3) is 0.182. The molecule has 0 aliphatic rings. The summed E-state index contributed by atoms with van der Waals surface area (Å²) in [5.74, 6) is -0.0697. The zero-order chi connectivity index (χ0) is 23.4. The highest BCUT2D eigenvalue weighted by Gasteiger charge is 2.24. The van der Waals surface area contributed by atoms with Crippen LogP contribution >= 0.6 is 23.1 Å². The number of carbonyl (C=O) groups excluding carboxylic acids is 2. The summed E-state index contributed by atoms with van der Waals surface area (Å²) in [5, 5.41) is 13.7. The fourth-order valence-corrected chi connectivity index (χ4v) is 4.72. The molecule has 0 saturated carbocycles. The third-order valence-corrected chi connectivity index (χ3v) is 6.50. The van der Waals surface area contributed by atoms with E-state index in [9.17, 15) is 14.0 Å². The number of furan rings is 1. The van der Waals surface area contributed by atoms with Gasteiger partial charge >= 0.3 is 5.97 Å². The third-order valence-electron chi connectivity index (χ3n) is 4.58. The molecule has 3 heterocycles. The van der Waals surface area contributed by atoms with Crippen molar-refractivity contribution in [1.82, 2.24) is 14.8 Å². The second kappa shape index (κ2) is 10.0. The van der Waals surface area contributed by atoms with Crippen molar-refractivity contribution in [2.45, 2.75) is 12.1 Å². The van der Waals surface area contributed by atoms with E-state index in [0.29, 0.717) is 32.9 Å². The zero-order valence-electron chi connectivity index (χ0n) is 17.7. The maximum absolute atomic E-state index is 13.2. The van der Waals surface area contributed by atoms with E-state index >= 15 is 0 Å². The summed E-state index contributed by atoms with van der Waals surface area (Å²) < 4.78 is 25.5. The van der Waals surface area contributed by atoms with E-state index < -0.39 is 5.97 Å². The number of halogens is 1. The van der Waals surface area contributed by atoms with Gasteiger partial charge in [0.05, 0.1) is 18.6 Å². The second-order valence-corrected chi connectivity index (χ2v) is 8.58. The second-order valence-electron chi connectivity index (χ2n) is 6.76. The summed E-state index contributed by atoms with van der Waals surface area (Å²) in [6, 6.07) is 9.39. The predicted molar refractivity (Wildman–Crippen MR) is 124 cm³/mol. The normalized spacial score (nSPS) is 10.9. The molecular weight excluding hydrogens is 467 g/mol. The molecule has 33 heavy (non-hydrogen) atoms. The van der Waals surface area contributed by atoms with Gasteiger partial charge in [0.2, 0.25) is 5.91 Å². The first-order chi connectivity index (χ1) is 16.0. The number of nitrogens with one attached hydrogen (secondary N) is 1. The van der Waals surface area contributed by atoms with Gasteiger partial charge in [-0.15, -0.1) is 21.5 Å². The number of benzene rings is 1. The molecule has 4 rings (SSSR count). The SMILES string of the molecule is CCOC(=O)c1c(-c2ccco2)csc1NC(=O)CSc1nnc(-c2ccc(F)cc2)n1C. The number of esters is 1. The Morgan fingerprint density at radius 2 is 2.03 bits per heavy atom. The number of thiophene rings is 1. The lowest BCUT2D eigenvalue weighted by Gasteiger charge is -2.08. The summed E-state index contributed by atoms with van der Waals surface area (Å²) >= 11 is 2.41. The van der Waals surface area contributed by atoms with E-state index in [0.717, 1.165) is 0 Å². The van der Waals surface area contributed by atoms with Gasteiger partial charge in [0.15, 0.2) is 11.0 Å². The molecule has 0 saturated heterocycles. The highest BCUT2D eigenvalue weighted by Crippen LogP contribution is 2.36. The molecule has 0 fully saturated rings. The van der Waals surface area contributed by atoms with Crippen LogP contribution in [0.25, 0.3) is 22.7 Å². The van der Waals surface area contributed by atoms with Crippen molar-refractivity contribution < 1.29 is 23.1 Å². The molecule has 1 aromatic carbocycles. The summed E-state index contributed by atoms with van der Waals surface area (Å²) in [5.41, 5.74) is 1.53. The molecule has 11 heteroatoms. The van der Waals surface area contributed by atoms with Gasteiger partial charge in [0, 0.05) is 23.6 Å². The molecular formula is C22H19FN4O4S2. The molecule has 0 bridgehead atoms. The molecule has 0 atom stereocenters. The Bertz CT molecular complexity index is 1270. The molecule has 4 aromatic rings. The Kier molecular flexibility index (Phi) is 6.90. The minimum absolute atomic E-state index is 0.0473. The van der Waals surface area contributed by atoms with Crippen LogP contribution in [-0.4, -0.2) is 39.0 Å². The number of rotatable bonds is 8. The Morgan fingerprint density at radius 3 is 2.73 bits per heavy atom. The van der Waals surface area contributed by atoms with Crippen LogP contribution in [0.15, 0.2) is 57.6 Å². The quantitative estimate of drug-likeness (QED) is 0.281. The molecule has 8 nitrogen and oxygen atoms in total. The smallest absolute Gasteiger partial charge is 0.341 e. The molecule has 3 aromatic heterocycles. The monoisotopic (exact) mass is 486 g/mol. The van der Waals surface area contributed by atoms with Gasteiger partial charge in [-0.05, 0) is 43.3 Å².